The number of nitrogens with zero attached hydrogens (tertiary/aromatic N) is 3. The smallest absolute Gasteiger partial charge is 0.257 e. The van der Waals surface area contributed by atoms with E-state index in [0.29, 0.717) is 24.4 Å². The Kier molecular flexibility index (Phi) is 5.27. The second kappa shape index (κ2) is 7.82. The second-order valence-corrected chi connectivity index (χ2v) is 8.19. The zero-order valence-corrected chi connectivity index (χ0v) is 16.9. The van der Waals surface area contributed by atoms with Crippen molar-refractivity contribution >= 4 is 11.3 Å². The van der Waals surface area contributed by atoms with Gasteiger partial charge in [0.15, 0.2) is 0 Å². The molecule has 6 heteroatoms. The molecule has 1 aliphatic rings. The summed E-state index contributed by atoms with van der Waals surface area (Å²) in [6, 6.07) is 11.0. The van der Waals surface area contributed by atoms with Crippen molar-refractivity contribution in [3.05, 3.63) is 52.2 Å². The fourth-order valence-electron chi connectivity index (χ4n) is 3.29. The topological polar surface area (TPSA) is 51.4 Å². The third-order valence-electron chi connectivity index (χ3n) is 4.97. The second-order valence-electron chi connectivity index (χ2n) is 7.06. The first-order chi connectivity index (χ1) is 13.2. The quantitative estimate of drug-likeness (QED) is 0.557. The lowest BCUT2D eigenvalue weighted by Gasteiger charge is -2.20. The summed E-state index contributed by atoms with van der Waals surface area (Å²) in [7, 11) is 1.69. The van der Waals surface area contributed by atoms with Crippen LogP contribution in [-0.2, 0) is 19.5 Å². The fourth-order valence-corrected chi connectivity index (χ4v) is 4.32. The molecule has 4 rings (SSSR count). The molecular weight excluding hydrogens is 358 g/mol. The molecule has 142 valence electrons. The third kappa shape index (κ3) is 4.22. The minimum Gasteiger partial charge on any atom is -0.497 e. The van der Waals surface area contributed by atoms with E-state index in [-0.39, 0.29) is 0 Å². The van der Waals surface area contributed by atoms with Gasteiger partial charge < -0.3 is 9.15 Å². The summed E-state index contributed by atoms with van der Waals surface area (Å²) >= 11 is 1.75. The number of aromatic nitrogens is 2. The molecule has 0 saturated heterocycles. The van der Waals surface area contributed by atoms with Gasteiger partial charge in [0.05, 0.1) is 18.5 Å². The average molecular weight is 384 g/mol. The first-order valence-corrected chi connectivity index (χ1v) is 10.3. The maximum atomic E-state index is 5.99. The molecule has 0 spiro atoms. The Bertz CT molecular complexity index is 897. The summed E-state index contributed by atoms with van der Waals surface area (Å²) in [5.74, 6) is 2.21. The first-order valence-electron chi connectivity index (χ1n) is 9.45. The van der Waals surface area contributed by atoms with Crippen LogP contribution in [0, 0.1) is 6.92 Å². The Balaban J connectivity index is 1.46. The molecule has 0 unspecified atom stereocenters. The Hall–Kier alpha value is -2.18. The van der Waals surface area contributed by atoms with E-state index in [1.165, 1.54) is 28.8 Å². The van der Waals surface area contributed by atoms with Crippen molar-refractivity contribution in [3.63, 3.8) is 0 Å². The number of thiophene rings is 1. The summed E-state index contributed by atoms with van der Waals surface area (Å²) in [6.07, 6.45) is 3.51. The van der Waals surface area contributed by atoms with Crippen LogP contribution in [0.1, 0.15) is 41.7 Å². The molecular formula is C21H25N3O2S. The number of aryl methyl sites for hydroxylation is 2. The Labute approximate surface area is 164 Å². The fraction of sp³-hybridized carbons (Fsp3) is 0.429. The lowest BCUT2D eigenvalue weighted by molar-refractivity contribution is 0.221. The van der Waals surface area contributed by atoms with E-state index in [0.717, 1.165) is 23.6 Å². The van der Waals surface area contributed by atoms with Crippen LogP contribution in [0.2, 0.25) is 0 Å². The van der Waals surface area contributed by atoms with E-state index < -0.39 is 0 Å². The maximum absolute atomic E-state index is 5.99. The number of benzene rings is 1. The molecule has 1 aliphatic carbocycles. The van der Waals surface area contributed by atoms with Gasteiger partial charge in [-0.15, -0.1) is 21.5 Å². The van der Waals surface area contributed by atoms with Gasteiger partial charge in [-0.2, -0.15) is 0 Å². The van der Waals surface area contributed by atoms with Gasteiger partial charge in [-0.05, 0) is 55.5 Å². The van der Waals surface area contributed by atoms with Crippen molar-refractivity contribution in [1.82, 2.24) is 15.1 Å². The number of hydrogen-bond donors (Lipinski definition) is 0. The van der Waals surface area contributed by atoms with Crippen molar-refractivity contribution in [2.24, 2.45) is 0 Å². The van der Waals surface area contributed by atoms with E-state index in [4.69, 9.17) is 9.15 Å². The molecule has 5 nitrogen and oxygen atoms in total. The molecule has 1 aromatic carbocycles. The van der Waals surface area contributed by atoms with Crippen molar-refractivity contribution in [1.29, 1.82) is 0 Å². The van der Waals surface area contributed by atoms with Crippen LogP contribution in [0.25, 0.3) is 10.8 Å². The van der Waals surface area contributed by atoms with Gasteiger partial charge in [0, 0.05) is 17.5 Å². The normalized spacial score (nSPS) is 14.1. The Morgan fingerprint density at radius 3 is 2.59 bits per heavy atom. The summed E-state index contributed by atoms with van der Waals surface area (Å²) in [5, 5.41) is 8.59. The zero-order chi connectivity index (χ0) is 18.8. The molecule has 0 atom stereocenters. The molecule has 0 amide bonds. The van der Waals surface area contributed by atoms with Crippen LogP contribution in [0.15, 0.2) is 34.7 Å². The van der Waals surface area contributed by atoms with Crippen LogP contribution in [0.3, 0.4) is 0 Å². The van der Waals surface area contributed by atoms with Crippen LogP contribution < -0.4 is 4.74 Å². The lowest BCUT2D eigenvalue weighted by Crippen LogP contribution is -2.25. The molecule has 0 radical (unpaired) electrons. The van der Waals surface area contributed by atoms with Crippen LogP contribution in [0.4, 0.5) is 0 Å². The highest BCUT2D eigenvalue weighted by molar-refractivity contribution is 7.15. The van der Waals surface area contributed by atoms with Gasteiger partial charge >= 0.3 is 0 Å². The van der Waals surface area contributed by atoms with E-state index in [2.05, 4.69) is 47.1 Å². The lowest BCUT2D eigenvalue weighted by atomic mass is 10.2. The number of methoxy groups -OCH3 is 1. The molecule has 1 saturated carbocycles. The molecule has 0 bridgehead atoms. The minimum absolute atomic E-state index is 0.609. The number of ether oxygens (including phenoxy) is 1. The molecule has 27 heavy (non-hydrogen) atoms. The molecule has 0 N–H and O–H groups in total. The summed E-state index contributed by atoms with van der Waals surface area (Å²) in [4.78, 5) is 4.87. The standard InChI is InChI=1S/C21H25N3O2S/c1-4-18-14(2)11-19(27-18)21-23-22-20(26-21)13-24(16-7-8-16)12-15-5-9-17(25-3)10-6-15/h5-6,9-11,16H,4,7-8,12-13H2,1-3H3. The number of hydrogen-bond acceptors (Lipinski definition) is 6. The highest BCUT2D eigenvalue weighted by Gasteiger charge is 2.30. The van der Waals surface area contributed by atoms with Gasteiger partial charge in [-0.1, -0.05) is 19.1 Å². The van der Waals surface area contributed by atoms with Crippen molar-refractivity contribution in [3.8, 4) is 16.5 Å². The maximum Gasteiger partial charge on any atom is 0.257 e. The molecule has 2 aromatic heterocycles. The predicted octanol–water partition coefficient (Wildman–Crippen LogP) is 4.84. The molecule has 2 heterocycles. The van der Waals surface area contributed by atoms with Crippen molar-refractivity contribution in [2.75, 3.05) is 7.11 Å². The monoisotopic (exact) mass is 383 g/mol. The molecule has 0 aliphatic heterocycles. The summed E-state index contributed by atoms with van der Waals surface area (Å²) < 4.78 is 11.2. The highest BCUT2D eigenvalue weighted by Crippen LogP contribution is 2.33. The van der Waals surface area contributed by atoms with Gasteiger partial charge in [-0.3, -0.25) is 4.90 Å². The van der Waals surface area contributed by atoms with Crippen LogP contribution >= 0.6 is 11.3 Å². The largest absolute Gasteiger partial charge is 0.497 e. The summed E-state index contributed by atoms with van der Waals surface area (Å²) in [5.41, 5.74) is 2.57. The van der Waals surface area contributed by atoms with Crippen molar-refractivity contribution < 1.29 is 9.15 Å². The molecule has 3 aromatic rings. The minimum atomic E-state index is 0.609. The average Bonchev–Trinajstić information content (AvgIpc) is 3.32. The SMILES string of the molecule is CCc1sc(-c2nnc(CN(Cc3ccc(OC)cc3)C3CC3)o2)cc1C. The molecule has 1 fully saturated rings. The Morgan fingerprint density at radius 2 is 1.96 bits per heavy atom. The van der Waals surface area contributed by atoms with E-state index in [1.54, 1.807) is 18.4 Å². The van der Waals surface area contributed by atoms with Gasteiger partial charge in [-0.25, -0.2) is 0 Å². The zero-order valence-electron chi connectivity index (χ0n) is 16.1. The predicted molar refractivity (Wildman–Crippen MR) is 107 cm³/mol. The van der Waals surface area contributed by atoms with Crippen LogP contribution in [0.5, 0.6) is 5.75 Å². The third-order valence-corrected chi connectivity index (χ3v) is 6.34. The van der Waals surface area contributed by atoms with E-state index >= 15 is 0 Å². The highest BCUT2D eigenvalue weighted by atomic mass is 32.1. The van der Waals surface area contributed by atoms with E-state index in [1.807, 2.05) is 12.1 Å². The van der Waals surface area contributed by atoms with Gasteiger partial charge in [0.25, 0.3) is 5.89 Å². The van der Waals surface area contributed by atoms with Gasteiger partial charge in [0.2, 0.25) is 5.89 Å². The number of rotatable bonds is 8. The van der Waals surface area contributed by atoms with E-state index in [9.17, 15) is 0 Å². The Morgan fingerprint density at radius 1 is 1.19 bits per heavy atom. The summed E-state index contributed by atoms with van der Waals surface area (Å²) in [6.45, 7) is 5.88. The first kappa shape index (κ1) is 18.2. The van der Waals surface area contributed by atoms with Crippen LogP contribution in [-0.4, -0.2) is 28.2 Å². The van der Waals surface area contributed by atoms with Gasteiger partial charge in [0.1, 0.15) is 5.75 Å². The van der Waals surface area contributed by atoms with Crippen molar-refractivity contribution in [2.45, 2.75) is 52.2 Å².